The number of alkyl halides is 3. The first-order chi connectivity index (χ1) is 16.3. The van der Waals surface area contributed by atoms with Crippen molar-refractivity contribution < 1.29 is 39.5 Å². The van der Waals surface area contributed by atoms with Gasteiger partial charge in [0.05, 0.1) is 20.4 Å². The van der Waals surface area contributed by atoms with Crippen LogP contribution in [0.25, 0.3) is 0 Å². The highest BCUT2D eigenvalue weighted by molar-refractivity contribution is 7.93. The summed E-state index contributed by atoms with van der Waals surface area (Å²) in [6, 6.07) is 11.3. The van der Waals surface area contributed by atoms with Gasteiger partial charge in [0.2, 0.25) is 0 Å². The molecular formula is C21H16ClF3N2O6S2. The summed E-state index contributed by atoms with van der Waals surface area (Å²) in [7, 11) is -8.32. The molecule has 0 atom stereocenters. The van der Waals surface area contributed by atoms with Crippen molar-refractivity contribution in [2.75, 3.05) is 22.7 Å². The number of halogens is 4. The Bertz CT molecular complexity index is 1480. The van der Waals surface area contributed by atoms with Crippen molar-refractivity contribution in [2.24, 2.45) is 0 Å². The molecule has 0 radical (unpaired) electrons. The number of rotatable bonds is 6. The predicted octanol–water partition coefficient (Wildman–Crippen LogP) is 4.73. The normalized spacial score (nSPS) is 13.8. The lowest BCUT2D eigenvalue weighted by molar-refractivity contribution is -0.137. The van der Waals surface area contributed by atoms with E-state index in [1.807, 2.05) is 4.72 Å². The molecule has 1 heterocycles. The molecule has 0 saturated heterocycles. The fraction of sp³-hybridized carbons (Fsp3) is 0.143. The maximum absolute atomic E-state index is 13.0. The van der Waals surface area contributed by atoms with E-state index in [2.05, 4.69) is 4.72 Å². The quantitative estimate of drug-likeness (QED) is 0.461. The summed E-state index contributed by atoms with van der Waals surface area (Å²) >= 11 is 5.55. The molecule has 3 aromatic carbocycles. The van der Waals surface area contributed by atoms with Crippen molar-refractivity contribution in [3.05, 3.63) is 71.2 Å². The van der Waals surface area contributed by atoms with Crippen molar-refractivity contribution in [1.82, 2.24) is 0 Å². The third-order valence-electron chi connectivity index (χ3n) is 4.76. The number of nitrogens with one attached hydrogen (secondary N) is 2. The van der Waals surface area contributed by atoms with Crippen LogP contribution in [0, 0.1) is 0 Å². The molecule has 0 amide bonds. The van der Waals surface area contributed by atoms with Crippen LogP contribution in [0.15, 0.2) is 70.5 Å². The van der Waals surface area contributed by atoms with Gasteiger partial charge in [-0.1, -0.05) is 11.6 Å². The Kier molecular flexibility index (Phi) is 6.51. The van der Waals surface area contributed by atoms with Gasteiger partial charge in [0.25, 0.3) is 20.0 Å². The van der Waals surface area contributed by atoms with Crippen LogP contribution in [0.3, 0.4) is 0 Å². The second kappa shape index (κ2) is 9.13. The van der Waals surface area contributed by atoms with Crippen LogP contribution < -0.4 is 18.9 Å². The van der Waals surface area contributed by atoms with Crippen LogP contribution in [0.5, 0.6) is 11.5 Å². The molecule has 0 saturated carbocycles. The molecule has 1 aliphatic rings. The second-order valence-electron chi connectivity index (χ2n) is 7.23. The highest BCUT2D eigenvalue weighted by Crippen LogP contribution is 2.37. The molecule has 186 valence electrons. The standard InChI is InChI=1S/C21H16ClF3N2O6S2/c22-18-7-3-14(11-17(18)21(23,24)25)27-34(28,29)15-4-1-13(2-5-15)26-35(30,31)16-6-8-19-20(12-16)33-10-9-32-19/h1-8,11-12,26-27H,9-10H2. The number of anilines is 2. The number of hydrogen-bond acceptors (Lipinski definition) is 6. The van der Waals surface area contributed by atoms with Crippen molar-refractivity contribution in [3.8, 4) is 11.5 Å². The van der Waals surface area contributed by atoms with Crippen molar-refractivity contribution in [3.63, 3.8) is 0 Å². The molecule has 2 N–H and O–H groups in total. The molecule has 4 rings (SSSR count). The maximum atomic E-state index is 13.0. The summed E-state index contributed by atoms with van der Waals surface area (Å²) in [5, 5.41) is -0.574. The minimum absolute atomic E-state index is 0.0599. The molecule has 8 nitrogen and oxygen atoms in total. The van der Waals surface area contributed by atoms with E-state index in [1.54, 1.807) is 0 Å². The Morgan fingerprint density at radius 1 is 0.714 bits per heavy atom. The molecule has 0 aromatic heterocycles. The van der Waals surface area contributed by atoms with Crippen LogP contribution in [-0.2, 0) is 26.2 Å². The first kappa shape index (κ1) is 24.9. The molecule has 14 heteroatoms. The summed E-state index contributed by atoms with van der Waals surface area (Å²) in [6.07, 6.45) is -4.77. The van der Waals surface area contributed by atoms with Crippen LogP contribution in [-0.4, -0.2) is 30.0 Å². The highest BCUT2D eigenvalue weighted by Gasteiger charge is 2.33. The molecule has 1 aliphatic heterocycles. The van der Waals surface area contributed by atoms with Crippen LogP contribution in [0.4, 0.5) is 24.5 Å². The van der Waals surface area contributed by atoms with E-state index in [0.717, 1.165) is 24.3 Å². The molecular weight excluding hydrogens is 533 g/mol. The Hall–Kier alpha value is -3.16. The van der Waals surface area contributed by atoms with Crippen LogP contribution in [0.1, 0.15) is 5.56 Å². The van der Waals surface area contributed by atoms with E-state index in [9.17, 15) is 30.0 Å². The first-order valence-corrected chi connectivity index (χ1v) is 13.1. The van der Waals surface area contributed by atoms with Gasteiger partial charge in [-0.15, -0.1) is 0 Å². The minimum atomic E-state index is -4.77. The van der Waals surface area contributed by atoms with Crippen LogP contribution >= 0.6 is 11.6 Å². The topological polar surface area (TPSA) is 111 Å². The summed E-state index contributed by atoms with van der Waals surface area (Å²) < 4.78 is 105. The largest absolute Gasteiger partial charge is 0.486 e. The zero-order valence-corrected chi connectivity index (χ0v) is 19.9. The third-order valence-corrected chi connectivity index (χ3v) is 7.87. The van der Waals surface area contributed by atoms with E-state index >= 15 is 0 Å². The van der Waals surface area contributed by atoms with E-state index < -0.39 is 36.8 Å². The molecule has 0 aliphatic carbocycles. The van der Waals surface area contributed by atoms with Crippen molar-refractivity contribution in [2.45, 2.75) is 16.0 Å². The number of hydrogen-bond donors (Lipinski definition) is 2. The van der Waals surface area contributed by atoms with Gasteiger partial charge in [-0.05, 0) is 54.6 Å². The lowest BCUT2D eigenvalue weighted by Gasteiger charge is -2.19. The lowest BCUT2D eigenvalue weighted by atomic mass is 10.2. The van der Waals surface area contributed by atoms with E-state index in [-0.39, 0.29) is 33.5 Å². The number of ether oxygens (including phenoxy) is 2. The Morgan fingerprint density at radius 3 is 1.91 bits per heavy atom. The van der Waals surface area contributed by atoms with Crippen molar-refractivity contribution >= 4 is 43.0 Å². The minimum Gasteiger partial charge on any atom is -0.486 e. The SMILES string of the molecule is O=S(=O)(Nc1ccc(Cl)c(C(F)(F)F)c1)c1ccc(NS(=O)(=O)c2ccc3c(c2)OCCO3)cc1. The van der Waals surface area contributed by atoms with E-state index in [4.69, 9.17) is 21.1 Å². The monoisotopic (exact) mass is 548 g/mol. The van der Waals surface area contributed by atoms with Crippen molar-refractivity contribution in [1.29, 1.82) is 0 Å². The Labute approximate surface area is 203 Å². The van der Waals surface area contributed by atoms with Gasteiger partial charge in [-0.2, -0.15) is 13.2 Å². The van der Waals surface area contributed by atoms with Gasteiger partial charge in [0.1, 0.15) is 13.2 Å². The van der Waals surface area contributed by atoms with Gasteiger partial charge < -0.3 is 9.47 Å². The average molecular weight is 549 g/mol. The summed E-state index contributed by atoms with van der Waals surface area (Å²) in [5.74, 6) is 0.697. The summed E-state index contributed by atoms with van der Waals surface area (Å²) in [4.78, 5) is -0.397. The predicted molar refractivity (Wildman–Crippen MR) is 122 cm³/mol. The fourth-order valence-corrected chi connectivity index (χ4v) is 5.47. The molecule has 0 bridgehead atoms. The molecule has 3 aromatic rings. The molecule has 0 fully saturated rings. The smallest absolute Gasteiger partial charge is 0.417 e. The fourth-order valence-electron chi connectivity index (χ4n) is 3.13. The average Bonchev–Trinajstić information content (AvgIpc) is 2.79. The van der Waals surface area contributed by atoms with Gasteiger partial charge in [-0.25, -0.2) is 16.8 Å². The molecule has 0 unspecified atom stereocenters. The van der Waals surface area contributed by atoms with Gasteiger partial charge in [0.15, 0.2) is 11.5 Å². The zero-order valence-electron chi connectivity index (χ0n) is 17.5. The van der Waals surface area contributed by atoms with E-state index in [0.29, 0.717) is 18.4 Å². The molecule has 0 spiro atoms. The van der Waals surface area contributed by atoms with Gasteiger partial charge >= 0.3 is 6.18 Å². The second-order valence-corrected chi connectivity index (χ2v) is 11.0. The molecule has 35 heavy (non-hydrogen) atoms. The summed E-state index contributed by atoms with van der Waals surface area (Å²) in [6.45, 7) is 0.629. The van der Waals surface area contributed by atoms with Crippen LogP contribution in [0.2, 0.25) is 5.02 Å². The highest BCUT2D eigenvalue weighted by atomic mass is 35.5. The Morgan fingerprint density at radius 2 is 1.26 bits per heavy atom. The Balaban J connectivity index is 1.51. The summed E-state index contributed by atoms with van der Waals surface area (Å²) in [5.41, 5.74) is -1.47. The number of fused-ring (bicyclic) bond motifs is 1. The maximum Gasteiger partial charge on any atom is 0.417 e. The van der Waals surface area contributed by atoms with Gasteiger partial charge in [0, 0.05) is 17.4 Å². The zero-order chi connectivity index (χ0) is 25.4. The van der Waals surface area contributed by atoms with E-state index in [1.165, 1.54) is 30.3 Å². The van der Waals surface area contributed by atoms with Gasteiger partial charge in [-0.3, -0.25) is 9.44 Å². The lowest BCUT2D eigenvalue weighted by Crippen LogP contribution is -2.17. The number of sulfonamides is 2. The first-order valence-electron chi connectivity index (χ1n) is 9.77. The third kappa shape index (κ3) is 5.57. The number of benzene rings is 3.